The van der Waals surface area contributed by atoms with E-state index < -0.39 is 6.09 Å². The minimum Gasteiger partial charge on any atom is -0.457 e. The molecule has 10 heteroatoms. The lowest BCUT2D eigenvalue weighted by atomic mass is 10.1. The van der Waals surface area contributed by atoms with Crippen molar-refractivity contribution >= 4 is 18.3 Å². The van der Waals surface area contributed by atoms with Crippen LogP contribution in [0.5, 0.6) is 17.2 Å². The first-order valence-electron chi connectivity index (χ1n) is 18.2. The number of hydrogen-bond donors (Lipinski definition) is 2. The Morgan fingerprint density at radius 3 is 1.79 bits per heavy atom. The highest BCUT2D eigenvalue weighted by Gasteiger charge is 2.26. The normalized spacial score (nSPS) is 13.1. The van der Waals surface area contributed by atoms with E-state index in [2.05, 4.69) is 17.6 Å². The van der Waals surface area contributed by atoms with Gasteiger partial charge in [0, 0.05) is 39.0 Å². The maximum absolute atomic E-state index is 12.6. The molecule has 1 aliphatic rings. The Balaban J connectivity index is 1.09. The predicted molar refractivity (Wildman–Crippen MR) is 188 cm³/mol. The first-order chi connectivity index (χ1) is 23.5. The minimum atomic E-state index is -0.411. The number of amides is 3. The first-order valence-corrected chi connectivity index (χ1v) is 18.2. The van der Waals surface area contributed by atoms with E-state index in [1.807, 2.05) is 30.3 Å². The van der Waals surface area contributed by atoms with Crippen LogP contribution in [0.15, 0.2) is 54.6 Å². The van der Waals surface area contributed by atoms with Gasteiger partial charge in [-0.15, -0.1) is 0 Å². The summed E-state index contributed by atoms with van der Waals surface area (Å²) >= 11 is 0. The second kappa shape index (κ2) is 24.2. The summed E-state index contributed by atoms with van der Waals surface area (Å²) in [6, 6.07) is 16.4. The fraction of sp³-hybridized carbons (Fsp3) is 0.605. The van der Waals surface area contributed by atoms with Crippen LogP contribution >= 0.6 is 0 Å². The van der Waals surface area contributed by atoms with Crippen LogP contribution in [0.3, 0.4) is 0 Å². The monoisotopic (exact) mass is 667 g/mol. The molecule has 2 aromatic carbocycles. The number of hydrogen-bond acceptors (Lipinski definition) is 7. The molecule has 10 nitrogen and oxygen atoms in total. The standard InChI is InChI=1S/C38H57N3O7/c1-2-3-4-16-27-39-36(42)45-31-18-12-10-8-6-5-7-9-11-17-28-40-37(43)47-35-25-29-41(30-26-35)38(44)48-34-23-21-33(22-24-34)46-32-19-14-13-15-20-32/h13-15,19-24,35H,2-12,16-18,25-31H2,1H3,(H,39,42)(H,40,43). The SMILES string of the molecule is CCCCCCNC(=O)OCCCCCCCCCCCCNC(=O)OC1CCN(C(=O)Oc2ccc(Oc3ccccc3)cc2)CC1. The van der Waals surface area contributed by atoms with Crippen LogP contribution in [0.2, 0.25) is 0 Å². The molecular weight excluding hydrogens is 610 g/mol. The van der Waals surface area contributed by atoms with Crippen LogP contribution in [0.4, 0.5) is 14.4 Å². The van der Waals surface area contributed by atoms with E-state index in [9.17, 15) is 14.4 Å². The number of piperidine rings is 1. The number of carbonyl (C=O) groups is 3. The molecule has 2 N–H and O–H groups in total. The van der Waals surface area contributed by atoms with Crippen LogP contribution < -0.4 is 20.1 Å². The van der Waals surface area contributed by atoms with Gasteiger partial charge in [0.05, 0.1) is 6.61 Å². The van der Waals surface area contributed by atoms with Crippen LogP contribution in [0, 0.1) is 0 Å². The second-order valence-corrected chi connectivity index (χ2v) is 12.4. The number of ether oxygens (including phenoxy) is 4. The molecule has 3 rings (SSSR count). The van der Waals surface area contributed by atoms with Gasteiger partial charge in [0.2, 0.25) is 0 Å². The van der Waals surface area contributed by atoms with E-state index in [4.69, 9.17) is 18.9 Å². The molecule has 1 saturated heterocycles. The number of para-hydroxylation sites is 1. The molecule has 48 heavy (non-hydrogen) atoms. The lowest BCUT2D eigenvalue weighted by Gasteiger charge is -2.30. The van der Waals surface area contributed by atoms with Crippen molar-refractivity contribution < 1.29 is 33.3 Å². The van der Waals surface area contributed by atoms with Crippen LogP contribution in [-0.4, -0.2) is 62.1 Å². The molecule has 1 heterocycles. The van der Waals surface area contributed by atoms with Gasteiger partial charge in [-0.3, -0.25) is 0 Å². The van der Waals surface area contributed by atoms with Gasteiger partial charge < -0.3 is 34.5 Å². The van der Waals surface area contributed by atoms with E-state index in [0.717, 1.165) is 50.7 Å². The van der Waals surface area contributed by atoms with E-state index in [1.165, 1.54) is 44.9 Å². The summed E-state index contributed by atoms with van der Waals surface area (Å²) in [5, 5.41) is 5.68. The molecule has 0 atom stereocenters. The number of likely N-dealkylation sites (tertiary alicyclic amines) is 1. The predicted octanol–water partition coefficient (Wildman–Crippen LogP) is 9.38. The first kappa shape index (κ1) is 38.5. The molecule has 266 valence electrons. The molecule has 3 amide bonds. The molecule has 0 saturated carbocycles. The topological polar surface area (TPSA) is 115 Å². The highest BCUT2D eigenvalue weighted by molar-refractivity contribution is 5.71. The van der Waals surface area contributed by atoms with Gasteiger partial charge in [0.1, 0.15) is 23.4 Å². The van der Waals surface area contributed by atoms with Gasteiger partial charge in [-0.1, -0.05) is 95.8 Å². The Kier molecular flexibility index (Phi) is 19.4. The van der Waals surface area contributed by atoms with Crippen molar-refractivity contribution in [2.75, 3.05) is 32.8 Å². The average molecular weight is 668 g/mol. The third kappa shape index (κ3) is 17.3. The van der Waals surface area contributed by atoms with E-state index in [-0.39, 0.29) is 18.3 Å². The number of unbranched alkanes of at least 4 members (excludes halogenated alkanes) is 12. The fourth-order valence-electron chi connectivity index (χ4n) is 5.50. The third-order valence-electron chi connectivity index (χ3n) is 8.35. The van der Waals surface area contributed by atoms with Gasteiger partial charge in [0.15, 0.2) is 0 Å². The summed E-state index contributed by atoms with van der Waals surface area (Å²) in [6.07, 6.45) is 15.7. The number of rotatable bonds is 22. The second-order valence-electron chi connectivity index (χ2n) is 12.4. The molecule has 0 unspecified atom stereocenters. The Bertz CT molecular complexity index is 1150. The third-order valence-corrected chi connectivity index (χ3v) is 8.35. The Morgan fingerprint density at radius 1 is 0.646 bits per heavy atom. The van der Waals surface area contributed by atoms with E-state index in [0.29, 0.717) is 57.1 Å². The van der Waals surface area contributed by atoms with Crippen molar-refractivity contribution in [2.45, 2.75) is 116 Å². The molecule has 0 bridgehead atoms. The summed E-state index contributed by atoms with van der Waals surface area (Å²) in [5.74, 6) is 1.84. The summed E-state index contributed by atoms with van der Waals surface area (Å²) < 4.78 is 22.1. The number of nitrogens with one attached hydrogen (secondary N) is 2. The molecule has 0 aromatic heterocycles. The Hall–Kier alpha value is -3.95. The van der Waals surface area contributed by atoms with E-state index in [1.54, 1.807) is 29.2 Å². The quantitative estimate of drug-likeness (QED) is 0.120. The zero-order valence-electron chi connectivity index (χ0n) is 28.9. The highest BCUT2D eigenvalue weighted by atomic mass is 16.6. The van der Waals surface area contributed by atoms with Gasteiger partial charge in [0.25, 0.3) is 0 Å². The summed E-state index contributed by atoms with van der Waals surface area (Å²) in [6.45, 7) is 4.93. The summed E-state index contributed by atoms with van der Waals surface area (Å²) in [7, 11) is 0. The van der Waals surface area contributed by atoms with E-state index >= 15 is 0 Å². The zero-order chi connectivity index (χ0) is 34.1. The largest absolute Gasteiger partial charge is 0.457 e. The van der Waals surface area contributed by atoms with Crippen molar-refractivity contribution in [1.29, 1.82) is 0 Å². The number of nitrogens with zero attached hydrogens (tertiary/aromatic N) is 1. The highest BCUT2D eigenvalue weighted by Crippen LogP contribution is 2.24. The van der Waals surface area contributed by atoms with Crippen molar-refractivity contribution in [3.63, 3.8) is 0 Å². The van der Waals surface area contributed by atoms with Crippen LogP contribution in [0.25, 0.3) is 0 Å². The zero-order valence-corrected chi connectivity index (χ0v) is 28.9. The smallest absolute Gasteiger partial charge is 0.415 e. The number of alkyl carbamates (subject to hydrolysis) is 2. The van der Waals surface area contributed by atoms with Crippen molar-refractivity contribution in [1.82, 2.24) is 15.5 Å². The lowest BCUT2D eigenvalue weighted by Crippen LogP contribution is -2.43. The van der Waals surface area contributed by atoms with Crippen molar-refractivity contribution in [3.05, 3.63) is 54.6 Å². The van der Waals surface area contributed by atoms with Gasteiger partial charge in [-0.25, -0.2) is 14.4 Å². The molecule has 0 aliphatic carbocycles. The molecular formula is C38H57N3O7. The van der Waals surface area contributed by atoms with Crippen LogP contribution in [-0.2, 0) is 9.47 Å². The number of carbonyl (C=O) groups excluding carboxylic acids is 3. The minimum absolute atomic E-state index is 0.208. The molecule has 0 spiro atoms. The van der Waals surface area contributed by atoms with Gasteiger partial charge in [-0.05, 0) is 55.7 Å². The molecule has 1 fully saturated rings. The lowest BCUT2D eigenvalue weighted by molar-refractivity contribution is 0.0525. The van der Waals surface area contributed by atoms with Crippen molar-refractivity contribution in [3.8, 4) is 17.2 Å². The van der Waals surface area contributed by atoms with Gasteiger partial charge in [-0.2, -0.15) is 0 Å². The average Bonchev–Trinajstić information content (AvgIpc) is 3.10. The molecule has 1 aliphatic heterocycles. The summed E-state index contributed by atoms with van der Waals surface area (Å²) in [4.78, 5) is 38.1. The maximum atomic E-state index is 12.6. The van der Waals surface area contributed by atoms with Crippen molar-refractivity contribution in [2.24, 2.45) is 0 Å². The van der Waals surface area contributed by atoms with Gasteiger partial charge >= 0.3 is 18.3 Å². The maximum Gasteiger partial charge on any atom is 0.415 e. The van der Waals surface area contributed by atoms with Crippen LogP contribution in [0.1, 0.15) is 110 Å². The summed E-state index contributed by atoms with van der Waals surface area (Å²) in [5.41, 5.74) is 0. The fourth-order valence-corrected chi connectivity index (χ4v) is 5.50. The molecule has 2 aromatic rings. The number of benzene rings is 2. The molecule has 0 radical (unpaired) electrons. The Labute approximate surface area is 287 Å². The Morgan fingerprint density at radius 2 is 1.17 bits per heavy atom.